The Labute approximate surface area is 141 Å². The van der Waals surface area contributed by atoms with E-state index in [2.05, 4.69) is 0 Å². The van der Waals surface area contributed by atoms with Gasteiger partial charge in [-0.3, -0.25) is 14.9 Å². The second-order valence-corrected chi connectivity index (χ2v) is 6.24. The summed E-state index contributed by atoms with van der Waals surface area (Å²) in [6.07, 6.45) is 1.44. The number of carbonyl (C=O) groups excluding carboxylic acids is 1. The summed E-state index contributed by atoms with van der Waals surface area (Å²) in [5.41, 5.74) is 2.66. The number of hydrogen-bond donors (Lipinski definition) is 0. The highest BCUT2D eigenvalue weighted by Gasteiger charge is 2.28. The predicted molar refractivity (Wildman–Crippen MR) is 93.5 cm³/mol. The molecule has 0 unspecified atom stereocenters. The molecule has 0 spiro atoms. The molecular formula is C19H20N2O3. The standard InChI is InChI=1S/C19H20N2O3/c1-14-6-8-15(9-7-14)19(22)16-10-12-20(13-11-16)17-4-2-3-5-18(17)21(23)24/h2-9,16H,10-13H2,1H3. The quantitative estimate of drug-likeness (QED) is 0.484. The largest absolute Gasteiger partial charge is 0.366 e. The van der Waals surface area contributed by atoms with Crippen LogP contribution in [-0.4, -0.2) is 23.8 Å². The average molecular weight is 324 g/mol. The highest BCUT2D eigenvalue weighted by Crippen LogP contribution is 2.32. The van der Waals surface area contributed by atoms with Crippen LogP contribution in [0.25, 0.3) is 0 Å². The molecule has 0 aliphatic carbocycles. The fraction of sp³-hybridized carbons (Fsp3) is 0.316. The lowest BCUT2D eigenvalue weighted by Gasteiger charge is -2.32. The number of carbonyl (C=O) groups is 1. The monoisotopic (exact) mass is 324 g/mol. The van der Waals surface area contributed by atoms with E-state index in [-0.39, 0.29) is 22.3 Å². The average Bonchev–Trinajstić information content (AvgIpc) is 2.62. The van der Waals surface area contributed by atoms with Crippen LogP contribution in [0.2, 0.25) is 0 Å². The van der Waals surface area contributed by atoms with Crippen LogP contribution in [-0.2, 0) is 0 Å². The van der Waals surface area contributed by atoms with E-state index >= 15 is 0 Å². The van der Waals surface area contributed by atoms with E-state index in [0.717, 1.165) is 24.0 Å². The summed E-state index contributed by atoms with van der Waals surface area (Å²) in [7, 11) is 0. The van der Waals surface area contributed by atoms with E-state index in [9.17, 15) is 14.9 Å². The minimum absolute atomic E-state index is 0.00766. The van der Waals surface area contributed by atoms with Crippen LogP contribution in [0.1, 0.15) is 28.8 Å². The molecule has 0 atom stereocenters. The third-order valence-electron chi connectivity index (χ3n) is 4.62. The van der Waals surface area contributed by atoms with E-state index in [1.807, 2.05) is 42.2 Å². The summed E-state index contributed by atoms with van der Waals surface area (Å²) in [5, 5.41) is 11.2. The number of benzene rings is 2. The van der Waals surface area contributed by atoms with E-state index in [4.69, 9.17) is 0 Å². The fourth-order valence-corrected chi connectivity index (χ4v) is 3.22. The molecule has 1 saturated heterocycles. The predicted octanol–water partition coefficient (Wildman–Crippen LogP) is 4.00. The third-order valence-corrected chi connectivity index (χ3v) is 4.62. The lowest BCUT2D eigenvalue weighted by atomic mass is 9.88. The lowest BCUT2D eigenvalue weighted by Crippen LogP contribution is -2.36. The zero-order valence-corrected chi connectivity index (χ0v) is 13.6. The number of nitrogens with zero attached hydrogens (tertiary/aromatic N) is 2. The van der Waals surface area contributed by atoms with Gasteiger partial charge in [-0.1, -0.05) is 42.0 Å². The Kier molecular flexibility index (Phi) is 4.60. The number of para-hydroxylation sites is 2. The normalized spacial score (nSPS) is 15.3. The van der Waals surface area contributed by atoms with Crippen molar-refractivity contribution in [3.8, 4) is 0 Å². The van der Waals surface area contributed by atoms with Crippen molar-refractivity contribution in [2.24, 2.45) is 5.92 Å². The van der Waals surface area contributed by atoms with Gasteiger partial charge in [-0.05, 0) is 25.8 Å². The van der Waals surface area contributed by atoms with E-state index in [1.165, 1.54) is 6.07 Å². The van der Waals surface area contributed by atoms with Gasteiger partial charge < -0.3 is 4.90 Å². The van der Waals surface area contributed by atoms with Gasteiger partial charge in [-0.25, -0.2) is 0 Å². The topological polar surface area (TPSA) is 63.5 Å². The Morgan fingerprint density at radius 1 is 1.08 bits per heavy atom. The van der Waals surface area contributed by atoms with Crippen molar-refractivity contribution in [2.75, 3.05) is 18.0 Å². The maximum absolute atomic E-state index is 12.6. The molecule has 2 aromatic rings. The molecule has 5 nitrogen and oxygen atoms in total. The summed E-state index contributed by atoms with van der Waals surface area (Å²) < 4.78 is 0. The fourth-order valence-electron chi connectivity index (χ4n) is 3.22. The van der Waals surface area contributed by atoms with Gasteiger partial charge >= 0.3 is 0 Å². The minimum atomic E-state index is -0.348. The van der Waals surface area contributed by atoms with E-state index < -0.39 is 0 Å². The zero-order valence-electron chi connectivity index (χ0n) is 13.6. The maximum Gasteiger partial charge on any atom is 0.292 e. The molecule has 0 bridgehead atoms. The summed E-state index contributed by atoms with van der Waals surface area (Å²) in [4.78, 5) is 25.4. The SMILES string of the molecule is Cc1ccc(C(=O)C2CCN(c3ccccc3[N+](=O)[O-])CC2)cc1. The molecular weight excluding hydrogens is 304 g/mol. The molecule has 1 heterocycles. The van der Waals surface area contributed by atoms with Crippen molar-refractivity contribution >= 4 is 17.2 Å². The first kappa shape index (κ1) is 16.2. The third kappa shape index (κ3) is 3.30. The van der Waals surface area contributed by atoms with E-state index in [0.29, 0.717) is 18.8 Å². The number of anilines is 1. The maximum atomic E-state index is 12.6. The van der Waals surface area contributed by atoms with Crippen molar-refractivity contribution in [2.45, 2.75) is 19.8 Å². The smallest absolute Gasteiger partial charge is 0.292 e. The van der Waals surface area contributed by atoms with Crippen molar-refractivity contribution in [1.29, 1.82) is 0 Å². The first-order valence-electron chi connectivity index (χ1n) is 8.15. The minimum Gasteiger partial charge on any atom is -0.366 e. The molecule has 0 aromatic heterocycles. The van der Waals surface area contributed by atoms with Crippen LogP contribution < -0.4 is 4.90 Å². The van der Waals surface area contributed by atoms with Crippen molar-refractivity contribution in [3.05, 3.63) is 69.8 Å². The Bertz CT molecular complexity index is 747. The second kappa shape index (κ2) is 6.83. The summed E-state index contributed by atoms with van der Waals surface area (Å²) in [6, 6.07) is 14.5. The molecule has 24 heavy (non-hydrogen) atoms. The molecule has 0 radical (unpaired) electrons. The number of nitro benzene ring substituents is 1. The number of aryl methyl sites for hydroxylation is 1. The van der Waals surface area contributed by atoms with Gasteiger partial charge in [0.15, 0.2) is 5.78 Å². The van der Waals surface area contributed by atoms with Gasteiger partial charge in [0.25, 0.3) is 5.69 Å². The van der Waals surface area contributed by atoms with Gasteiger partial charge in [0.05, 0.1) is 4.92 Å². The Morgan fingerprint density at radius 2 is 1.71 bits per heavy atom. The molecule has 0 saturated carbocycles. The molecule has 2 aromatic carbocycles. The molecule has 0 N–H and O–H groups in total. The van der Waals surface area contributed by atoms with Crippen LogP contribution in [0.5, 0.6) is 0 Å². The lowest BCUT2D eigenvalue weighted by molar-refractivity contribution is -0.384. The highest BCUT2D eigenvalue weighted by molar-refractivity contribution is 5.98. The number of nitro groups is 1. The number of hydrogen-bond acceptors (Lipinski definition) is 4. The first-order valence-corrected chi connectivity index (χ1v) is 8.15. The Morgan fingerprint density at radius 3 is 2.33 bits per heavy atom. The summed E-state index contributed by atoms with van der Waals surface area (Å²) >= 11 is 0. The van der Waals surface area contributed by atoms with Crippen molar-refractivity contribution in [3.63, 3.8) is 0 Å². The molecule has 1 fully saturated rings. The number of rotatable bonds is 4. The van der Waals surface area contributed by atoms with Crippen LogP contribution in [0.4, 0.5) is 11.4 Å². The molecule has 5 heteroatoms. The first-order chi connectivity index (χ1) is 11.6. The number of piperidine rings is 1. The molecule has 0 amide bonds. The molecule has 1 aliphatic heterocycles. The Hall–Kier alpha value is -2.69. The van der Waals surface area contributed by atoms with Gasteiger partial charge in [0.2, 0.25) is 0 Å². The highest BCUT2D eigenvalue weighted by atomic mass is 16.6. The second-order valence-electron chi connectivity index (χ2n) is 6.24. The zero-order chi connectivity index (χ0) is 17.1. The van der Waals surface area contributed by atoms with Crippen molar-refractivity contribution < 1.29 is 9.72 Å². The summed E-state index contributed by atoms with van der Waals surface area (Å²) in [5.74, 6) is 0.170. The van der Waals surface area contributed by atoms with Crippen LogP contribution >= 0.6 is 0 Å². The van der Waals surface area contributed by atoms with Gasteiger partial charge in [0.1, 0.15) is 5.69 Å². The molecule has 3 rings (SSSR count). The van der Waals surface area contributed by atoms with Gasteiger partial charge in [-0.15, -0.1) is 0 Å². The summed E-state index contributed by atoms with van der Waals surface area (Å²) in [6.45, 7) is 3.32. The Balaban J connectivity index is 1.69. The van der Waals surface area contributed by atoms with Crippen LogP contribution in [0, 0.1) is 23.0 Å². The van der Waals surface area contributed by atoms with Gasteiger partial charge in [0, 0.05) is 30.6 Å². The van der Waals surface area contributed by atoms with Crippen LogP contribution in [0.3, 0.4) is 0 Å². The number of ketones is 1. The molecule has 1 aliphatic rings. The van der Waals surface area contributed by atoms with Gasteiger partial charge in [-0.2, -0.15) is 0 Å². The van der Waals surface area contributed by atoms with Crippen molar-refractivity contribution in [1.82, 2.24) is 0 Å². The number of Topliss-reactive ketones (excluding diaryl/α,β-unsaturated/α-hetero) is 1. The van der Waals surface area contributed by atoms with E-state index in [1.54, 1.807) is 12.1 Å². The van der Waals surface area contributed by atoms with Crippen LogP contribution in [0.15, 0.2) is 48.5 Å². The molecule has 124 valence electrons.